The molecule has 1 heterocycles. The van der Waals surface area contributed by atoms with Crippen molar-refractivity contribution in [1.82, 2.24) is 4.90 Å². The fourth-order valence-electron chi connectivity index (χ4n) is 3.31. The normalized spacial score (nSPS) is 14.7. The van der Waals surface area contributed by atoms with Gasteiger partial charge in [0.25, 0.3) is 11.1 Å². The van der Waals surface area contributed by atoms with Crippen LogP contribution >= 0.6 is 73.5 Å². The molecule has 0 spiro atoms. The molecule has 0 bridgehead atoms. The van der Waals surface area contributed by atoms with Crippen molar-refractivity contribution in [3.8, 4) is 11.5 Å². The van der Waals surface area contributed by atoms with Crippen molar-refractivity contribution in [3.63, 3.8) is 0 Å². The lowest BCUT2D eigenvalue weighted by Crippen LogP contribution is -2.27. The average molecular weight is 705 g/mol. The van der Waals surface area contributed by atoms with E-state index in [1.165, 1.54) is 4.90 Å². The molecule has 2 amide bonds. The standard InChI is InChI=1S/C25H17BrCl2INO4S/c1-33-21-9-15(8-20(29)23(21)34-13-14-2-5-17(26)6-3-14)10-22-24(31)30(25(32)35-22)12-16-4-7-18(27)11-19(16)28/h2-11H,12-13H2,1H3/b22-10+. The second-order valence-electron chi connectivity index (χ2n) is 7.45. The Bertz CT molecular complexity index is 1330. The number of thioether (sulfide) groups is 1. The third-order valence-corrected chi connectivity index (χ3v) is 7.89. The molecule has 180 valence electrons. The van der Waals surface area contributed by atoms with Gasteiger partial charge in [-0.1, -0.05) is 57.3 Å². The molecule has 1 saturated heterocycles. The van der Waals surface area contributed by atoms with E-state index in [-0.39, 0.29) is 17.7 Å². The van der Waals surface area contributed by atoms with E-state index in [2.05, 4.69) is 38.5 Å². The molecule has 3 aromatic carbocycles. The number of benzene rings is 3. The quantitative estimate of drug-likeness (QED) is 0.184. The van der Waals surface area contributed by atoms with E-state index in [0.29, 0.717) is 38.6 Å². The molecule has 3 aromatic rings. The highest BCUT2D eigenvalue weighted by atomic mass is 127. The Balaban J connectivity index is 1.53. The van der Waals surface area contributed by atoms with Crippen LogP contribution in [0.25, 0.3) is 6.08 Å². The Hall–Kier alpha value is -1.72. The van der Waals surface area contributed by atoms with E-state index >= 15 is 0 Å². The molecule has 0 N–H and O–H groups in total. The van der Waals surface area contributed by atoms with Gasteiger partial charge in [-0.25, -0.2) is 0 Å². The number of carbonyl (C=O) groups excluding carboxylic acids is 2. The molecule has 0 saturated carbocycles. The van der Waals surface area contributed by atoms with E-state index in [0.717, 1.165) is 30.9 Å². The SMILES string of the molecule is COc1cc(/C=C2/SC(=O)N(Cc3ccc(Cl)cc3Cl)C2=O)cc(I)c1OCc1ccc(Br)cc1. The minimum Gasteiger partial charge on any atom is -0.493 e. The molecule has 0 atom stereocenters. The second-order valence-corrected chi connectivity index (χ2v) is 11.4. The lowest BCUT2D eigenvalue weighted by atomic mass is 10.1. The lowest BCUT2D eigenvalue weighted by molar-refractivity contribution is -0.123. The maximum Gasteiger partial charge on any atom is 0.293 e. The third kappa shape index (κ3) is 6.35. The minimum atomic E-state index is -0.379. The summed E-state index contributed by atoms with van der Waals surface area (Å²) in [6.45, 7) is 0.451. The van der Waals surface area contributed by atoms with Crippen LogP contribution in [-0.4, -0.2) is 23.2 Å². The van der Waals surface area contributed by atoms with Gasteiger partial charge in [-0.05, 0) is 93.5 Å². The van der Waals surface area contributed by atoms with Crippen molar-refractivity contribution in [2.75, 3.05) is 7.11 Å². The molecule has 4 rings (SSSR count). The lowest BCUT2D eigenvalue weighted by Gasteiger charge is -2.14. The van der Waals surface area contributed by atoms with Crippen LogP contribution in [0.2, 0.25) is 10.0 Å². The number of methoxy groups -OCH3 is 1. The van der Waals surface area contributed by atoms with E-state index in [1.807, 2.05) is 30.3 Å². The summed E-state index contributed by atoms with van der Waals surface area (Å²) in [7, 11) is 1.56. The zero-order chi connectivity index (χ0) is 25.1. The Morgan fingerprint density at radius 2 is 1.83 bits per heavy atom. The van der Waals surface area contributed by atoms with Crippen LogP contribution in [0.5, 0.6) is 11.5 Å². The molecule has 1 aliphatic rings. The Kier molecular flexibility index (Phi) is 8.70. The van der Waals surface area contributed by atoms with Crippen LogP contribution in [-0.2, 0) is 17.9 Å². The Labute approximate surface area is 239 Å². The van der Waals surface area contributed by atoms with Gasteiger partial charge in [-0.15, -0.1) is 0 Å². The molecule has 0 radical (unpaired) electrons. The van der Waals surface area contributed by atoms with Crippen molar-refractivity contribution in [2.45, 2.75) is 13.2 Å². The number of halogens is 4. The smallest absolute Gasteiger partial charge is 0.293 e. The van der Waals surface area contributed by atoms with E-state index in [9.17, 15) is 9.59 Å². The van der Waals surface area contributed by atoms with Gasteiger partial charge < -0.3 is 9.47 Å². The molecule has 10 heteroatoms. The second kappa shape index (κ2) is 11.6. The van der Waals surface area contributed by atoms with Gasteiger partial charge in [0.1, 0.15) is 6.61 Å². The number of imide groups is 1. The van der Waals surface area contributed by atoms with E-state index in [4.69, 9.17) is 32.7 Å². The fraction of sp³-hybridized carbons (Fsp3) is 0.120. The summed E-state index contributed by atoms with van der Waals surface area (Å²) in [5.41, 5.74) is 2.38. The third-order valence-electron chi connectivity index (χ3n) is 5.06. The van der Waals surface area contributed by atoms with Crippen LogP contribution in [0.3, 0.4) is 0 Å². The van der Waals surface area contributed by atoms with Crippen LogP contribution < -0.4 is 9.47 Å². The number of nitrogens with zero attached hydrogens (tertiary/aromatic N) is 1. The van der Waals surface area contributed by atoms with Crippen molar-refractivity contribution < 1.29 is 19.1 Å². The first-order valence-electron chi connectivity index (χ1n) is 10.2. The van der Waals surface area contributed by atoms with E-state index < -0.39 is 0 Å². The molecular formula is C25H17BrCl2INO4S. The maximum atomic E-state index is 13.0. The van der Waals surface area contributed by atoms with Crippen LogP contribution in [0.15, 0.2) is 64.0 Å². The summed E-state index contributed by atoms with van der Waals surface area (Å²) in [5.74, 6) is 0.765. The Morgan fingerprint density at radius 1 is 1.09 bits per heavy atom. The van der Waals surface area contributed by atoms with Gasteiger partial charge in [0, 0.05) is 14.5 Å². The van der Waals surface area contributed by atoms with Crippen LogP contribution in [0.1, 0.15) is 16.7 Å². The average Bonchev–Trinajstić information content (AvgIpc) is 3.08. The van der Waals surface area contributed by atoms with Gasteiger partial charge in [0.15, 0.2) is 11.5 Å². The van der Waals surface area contributed by atoms with E-state index in [1.54, 1.807) is 37.5 Å². The predicted octanol–water partition coefficient (Wildman–Crippen LogP) is 8.18. The van der Waals surface area contributed by atoms with Gasteiger partial charge in [0.2, 0.25) is 0 Å². The summed E-state index contributed by atoms with van der Waals surface area (Å²) < 4.78 is 13.4. The fourth-order valence-corrected chi connectivity index (χ4v) is 5.66. The first-order chi connectivity index (χ1) is 16.7. The maximum absolute atomic E-state index is 13.0. The summed E-state index contributed by atoms with van der Waals surface area (Å²) in [6.07, 6.45) is 1.68. The van der Waals surface area contributed by atoms with Crippen molar-refractivity contribution in [2.24, 2.45) is 0 Å². The van der Waals surface area contributed by atoms with Crippen LogP contribution in [0.4, 0.5) is 4.79 Å². The molecule has 0 aromatic heterocycles. The number of hydrogen-bond donors (Lipinski definition) is 0. The molecule has 0 unspecified atom stereocenters. The largest absolute Gasteiger partial charge is 0.493 e. The highest BCUT2D eigenvalue weighted by Crippen LogP contribution is 2.38. The van der Waals surface area contributed by atoms with Gasteiger partial charge in [-0.2, -0.15) is 0 Å². The zero-order valence-corrected chi connectivity index (χ0v) is 24.3. The van der Waals surface area contributed by atoms with Crippen LogP contribution in [0, 0.1) is 3.57 Å². The summed E-state index contributed by atoms with van der Waals surface area (Å²) in [5, 5.41) is 0.530. The monoisotopic (exact) mass is 703 g/mol. The number of rotatable bonds is 7. The van der Waals surface area contributed by atoms with Gasteiger partial charge in [0.05, 0.1) is 22.1 Å². The predicted molar refractivity (Wildman–Crippen MR) is 152 cm³/mol. The van der Waals surface area contributed by atoms with Gasteiger partial charge >= 0.3 is 0 Å². The first kappa shape index (κ1) is 26.3. The topological polar surface area (TPSA) is 55.8 Å². The Morgan fingerprint density at radius 3 is 2.51 bits per heavy atom. The minimum absolute atomic E-state index is 0.0711. The zero-order valence-electron chi connectivity index (χ0n) is 18.2. The number of amides is 2. The van der Waals surface area contributed by atoms with Crippen molar-refractivity contribution in [1.29, 1.82) is 0 Å². The molecule has 0 aliphatic carbocycles. The molecular weight excluding hydrogens is 688 g/mol. The molecule has 5 nitrogen and oxygen atoms in total. The summed E-state index contributed by atoms with van der Waals surface area (Å²) in [6, 6.07) is 16.5. The number of carbonyl (C=O) groups is 2. The molecule has 1 aliphatic heterocycles. The summed E-state index contributed by atoms with van der Waals surface area (Å²) in [4.78, 5) is 27.0. The highest BCUT2D eigenvalue weighted by Gasteiger charge is 2.35. The van der Waals surface area contributed by atoms with Crippen molar-refractivity contribution in [3.05, 3.63) is 94.3 Å². The first-order valence-corrected chi connectivity index (χ1v) is 13.6. The highest BCUT2D eigenvalue weighted by molar-refractivity contribution is 14.1. The molecule has 1 fully saturated rings. The van der Waals surface area contributed by atoms with Crippen molar-refractivity contribution >= 4 is 90.7 Å². The molecule has 35 heavy (non-hydrogen) atoms. The number of ether oxygens (including phenoxy) is 2. The number of hydrogen-bond acceptors (Lipinski definition) is 5. The summed E-state index contributed by atoms with van der Waals surface area (Å²) >= 11 is 18.6. The van der Waals surface area contributed by atoms with Gasteiger partial charge in [-0.3, -0.25) is 14.5 Å².